The van der Waals surface area contributed by atoms with Crippen LogP contribution >= 0.6 is 24.0 Å². The Balaban J connectivity index is 0.00000288. The number of carbonyl (C=O) groups excluding carboxylic acids is 1. The molecule has 1 aromatic rings. The Bertz CT molecular complexity index is 531. The van der Waals surface area contributed by atoms with Gasteiger partial charge in [0.1, 0.15) is 5.82 Å². The fourth-order valence-corrected chi connectivity index (χ4v) is 3.22. The van der Waals surface area contributed by atoms with Gasteiger partial charge in [-0.05, 0) is 31.4 Å². The molecule has 0 saturated carbocycles. The second-order valence-electron chi connectivity index (χ2n) is 6.02. The average molecular weight is 379 g/mol. The first-order valence-electron chi connectivity index (χ1n) is 8.04. The SMILES string of the molecule is CCCN(Cc1c(F)cccc1Cl)C(=O)C1(CN)CCOCC1.Cl. The number of benzene rings is 1. The standard InChI is InChI=1S/C17H24ClFN2O2.ClH/c1-2-8-21(11-13-14(18)4-3-5-15(13)19)16(22)17(12-20)6-9-23-10-7-17;/h3-5H,2,6-12,20H2,1H3;1H. The Labute approximate surface area is 153 Å². The number of amides is 1. The highest BCUT2D eigenvalue weighted by atomic mass is 35.5. The lowest BCUT2D eigenvalue weighted by Gasteiger charge is -2.39. The minimum atomic E-state index is -0.606. The molecule has 2 N–H and O–H groups in total. The van der Waals surface area contributed by atoms with Crippen LogP contribution in [0.15, 0.2) is 18.2 Å². The van der Waals surface area contributed by atoms with E-state index in [-0.39, 0.29) is 37.2 Å². The first-order valence-corrected chi connectivity index (χ1v) is 8.42. The van der Waals surface area contributed by atoms with Gasteiger partial charge in [-0.3, -0.25) is 4.79 Å². The lowest BCUT2D eigenvalue weighted by molar-refractivity contribution is -0.148. The second-order valence-corrected chi connectivity index (χ2v) is 6.43. The molecule has 0 atom stereocenters. The molecule has 24 heavy (non-hydrogen) atoms. The lowest BCUT2D eigenvalue weighted by Crippen LogP contribution is -2.50. The van der Waals surface area contributed by atoms with Crippen LogP contribution in [0.3, 0.4) is 0 Å². The average Bonchev–Trinajstić information content (AvgIpc) is 2.57. The van der Waals surface area contributed by atoms with Crippen molar-refractivity contribution in [3.63, 3.8) is 0 Å². The molecule has 1 aliphatic heterocycles. The summed E-state index contributed by atoms with van der Waals surface area (Å²) in [5.41, 5.74) is 5.67. The molecule has 1 saturated heterocycles. The van der Waals surface area contributed by atoms with Gasteiger partial charge in [0.05, 0.1) is 5.41 Å². The van der Waals surface area contributed by atoms with Crippen molar-refractivity contribution in [3.05, 3.63) is 34.6 Å². The van der Waals surface area contributed by atoms with E-state index in [1.807, 2.05) is 6.92 Å². The van der Waals surface area contributed by atoms with Crippen molar-refractivity contribution in [2.24, 2.45) is 11.1 Å². The van der Waals surface area contributed by atoms with E-state index in [1.54, 1.807) is 17.0 Å². The normalized spacial score (nSPS) is 16.3. The highest BCUT2D eigenvalue weighted by molar-refractivity contribution is 6.31. The molecule has 0 aliphatic carbocycles. The summed E-state index contributed by atoms with van der Waals surface area (Å²) >= 11 is 6.11. The van der Waals surface area contributed by atoms with Crippen LogP contribution in [0.4, 0.5) is 4.39 Å². The number of nitrogens with two attached hydrogens (primary N) is 1. The van der Waals surface area contributed by atoms with E-state index >= 15 is 0 Å². The summed E-state index contributed by atoms with van der Waals surface area (Å²) in [5.74, 6) is -0.412. The monoisotopic (exact) mass is 378 g/mol. The van der Waals surface area contributed by atoms with Gasteiger partial charge in [-0.15, -0.1) is 12.4 Å². The molecular weight excluding hydrogens is 354 g/mol. The molecule has 1 amide bonds. The Hall–Kier alpha value is -0.880. The van der Waals surface area contributed by atoms with Gasteiger partial charge in [0.2, 0.25) is 5.91 Å². The van der Waals surface area contributed by atoms with Gasteiger partial charge in [-0.1, -0.05) is 24.6 Å². The molecule has 0 spiro atoms. The third-order valence-electron chi connectivity index (χ3n) is 4.49. The molecule has 1 heterocycles. The van der Waals surface area contributed by atoms with Gasteiger partial charge in [0, 0.05) is 43.4 Å². The van der Waals surface area contributed by atoms with Crippen LogP contribution in [-0.4, -0.2) is 37.1 Å². The fourth-order valence-electron chi connectivity index (χ4n) is 3.00. The van der Waals surface area contributed by atoms with Crippen LogP contribution in [0.25, 0.3) is 0 Å². The topological polar surface area (TPSA) is 55.6 Å². The van der Waals surface area contributed by atoms with Gasteiger partial charge < -0.3 is 15.4 Å². The Kier molecular flexibility index (Phi) is 8.43. The van der Waals surface area contributed by atoms with Crippen LogP contribution in [0.2, 0.25) is 5.02 Å². The predicted molar refractivity (Wildman–Crippen MR) is 95.9 cm³/mol. The maximum absolute atomic E-state index is 14.1. The number of ether oxygens (including phenoxy) is 1. The minimum absolute atomic E-state index is 0. The first-order chi connectivity index (χ1) is 11.0. The zero-order chi connectivity index (χ0) is 16.9. The molecule has 0 bridgehead atoms. The molecule has 1 aromatic carbocycles. The molecule has 0 radical (unpaired) electrons. The molecule has 7 heteroatoms. The first kappa shape index (κ1) is 21.2. The fraction of sp³-hybridized carbons (Fsp3) is 0.588. The second kappa shape index (κ2) is 9.56. The number of halogens is 3. The summed E-state index contributed by atoms with van der Waals surface area (Å²) in [6, 6.07) is 4.57. The van der Waals surface area contributed by atoms with E-state index < -0.39 is 5.41 Å². The van der Waals surface area contributed by atoms with E-state index in [1.165, 1.54) is 6.07 Å². The Morgan fingerprint density at radius 3 is 2.62 bits per heavy atom. The highest BCUT2D eigenvalue weighted by Gasteiger charge is 2.41. The number of rotatable bonds is 6. The van der Waals surface area contributed by atoms with Gasteiger partial charge in [-0.2, -0.15) is 0 Å². The summed E-state index contributed by atoms with van der Waals surface area (Å²) < 4.78 is 19.4. The van der Waals surface area contributed by atoms with Crippen molar-refractivity contribution in [2.75, 3.05) is 26.3 Å². The van der Waals surface area contributed by atoms with Gasteiger partial charge in [0.25, 0.3) is 0 Å². The lowest BCUT2D eigenvalue weighted by atomic mass is 9.78. The van der Waals surface area contributed by atoms with Gasteiger partial charge in [0.15, 0.2) is 0 Å². The number of hydrogen-bond acceptors (Lipinski definition) is 3. The molecule has 136 valence electrons. The molecular formula is C17H25Cl2FN2O2. The third kappa shape index (κ3) is 4.60. The number of nitrogens with zero attached hydrogens (tertiary/aromatic N) is 1. The quantitative estimate of drug-likeness (QED) is 0.824. The van der Waals surface area contributed by atoms with Crippen molar-refractivity contribution >= 4 is 29.9 Å². The Morgan fingerprint density at radius 1 is 1.42 bits per heavy atom. The summed E-state index contributed by atoms with van der Waals surface area (Å²) in [6.07, 6.45) is 2.00. The van der Waals surface area contributed by atoms with Crippen molar-refractivity contribution in [2.45, 2.75) is 32.7 Å². The zero-order valence-corrected chi connectivity index (χ0v) is 15.5. The summed E-state index contributed by atoms with van der Waals surface area (Å²) in [6.45, 7) is 4.04. The summed E-state index contributed by atoms with van der Waals surface area (Å²) in [5, 5.41) is 0.340. The largest absolute Gasteiger partial charge is 0.381 e. The minimum Gasteiger partial charge on any atom is -0.381 e. The summed E-state index contributed by atoms with van der Waals surface area (Å²) in [7, 11) is 0. The molecule has 0 unspecified atom stereocenters. The van der Waals surface area contributed by atoms with E-state index in [9.17, 15) is 9.18 Å². The third-order valence-corrected chi connectivity index (χ3v) is 4.84. The molecule has 1 aliphatic rings. The number of hydrogen-bond donors (Lipinski definition) is 1. The molecule has 4 nitrogen and oxygen atoms in total. The van der Waals surface area contributed by atoms with Gasteiger partial charge in [-0.25, -0.2) is 4.39 Å². The van der Waals surface area contributed by atoms with E-state index in [0.717, 1.165) is 6.42 Å². The van der Waals surface area contributed by atoms with Crippen LogP contribution < -0.4 is 5.73 Å². The summed E-state index contributed by atoms with van der Waals surface area (Å²) in [4.78, 5) is 14.8. The maximum atomic E-state index is 14.1. The highest BCUT2D eigenvalue weighted by Crippen LogP contribution is 2.33. The van der Waals surface area contributed by atoms with Crippen LogP contribution in [0.1, 0.15) is 31.7 Å². The number of carbonyl (C=O) groups is 1. The van der Waals surface area contributed by atoms with E-state index in [4.69, 9.17) is 22.1 Å². The van der Waals surface area contributed by atoms with Crippen LogP contribution in [0.5, 0.6) is 0 Å². The van der Waals surface area contributed by atoms with Crippen LogP contribution in [0, 0.1) is 11.2 Å². The van der Waals surface area contributed by atoms with Crippen molar-refractivity contribution < 1.29 is 13.9 Å². The van der Waals surface area contributed by atoms with Crippen molar-refractivity contribution in [1.29, 1.82) is 0 Å². The van der Waals surface area contributed by atoms with E-state index in [0.29, 0.717) is 43.2 Å². The molecule has 2 rings (SSSR count). The zero-order valence-electron chi connectivity index (χ0n) is 13.9. The Morgan fingerprint density at radius 2 is 2.08 bits per heavy atom. The maximum Gasteiger partial charge on any atom is 0.230 e. The molecule has 1 fully saturated rings. The van der Waals surface area contributed by atoms with E-state index in [2.05, 4.69) is 0 Å². The molecule has 0 aromatic heterocycles. The van der Waals surface area contributed by atoms with Crippen LogP contribution in [-0.2, 0) is 16.1 Å². The smallest absolute Gasteiger partial charge is 0.230 e. The van der Waals surface area contributed by atoms with Gasteiger partial charge >= 0.3 is 0 Å². The van der Waals surface area contributed by atoms with Crippen molar-refractivity contribution in [3.8, 4) is 0 Å². The van der Waals surface area contributed by atoms with Crippen molar-refractivity contribution in [1.82, 2.24) is 4.90 Å². The predicted octanol–water partition coefficient (Wildman–Crippen LogP) is 3.40.